The van der Waals surface area contributed by atoms with Crippen molar-refractivity contribution in [3.8, 4) is 0 Å². The van der Waals surface area contributed by atoms with Crippen LogP contribution in [0.3, 0.4) is 0 Å². The van der Waals surface area contributed by atoms with Crippen molar-refractivity contribution in [3.05, 3.63) is 54.1 Å². The highest BCUT2D eigenvalue weighted by molar-refractivity contribution is 5.88. The number of fused-ring (bicyclic) bond motifs is 7. The molecule has 1 aromatic rings. The molecule has 288 valence electrons. The summed E-state index contributed by atoms with van der Waals surface area (Å²) >= 11 is 0. The van der Waals surface area contributed by atoms with Crippen LogP contribution in [0.1, 0.15) is 140 Å². The summed E-state index contributed by atoms with van der Waals surface area (Å²) in [5.41, 5.74) is 4.35. The summed E-state index contributed by atoms with van der Waals surface area (Å²) in [6.45, 7) is 26.2. The van der Waals surface area contributed by atoms with Crippen molar-refractivity contribution in [1.82, 2.24) is 14.7 Å². The topological polar surface area (TPSA) is 47.0 Å². The predicted molar refractivity (Wildman–Crippen MR) is 217 cm³/mol. The number of carbonyl (C=O) groups is 1. The maximum absolute atomic E-state index is 11.6. The monoisotopic (exact) mass is 712 g/mol. The van der Waals surface area contributed by atoms with Crippen LogP contribution in [-0.2, 0) is 0 Å². The Morgan fingerprint density at radius 1 is 0.788 bits per heavy atom. The van der Waals surface area contributed by atoms with Gasteiger partial charge >= 0.3 is 5.97 Å². The highest BCUT2D eigenvalue weighted by atomic mass is 16.4. The Bertz CT molecular complexity index is 1420. The molecule has 0 aromatic heterocycles. The SMILES string of the molecule is C=CC.CC1(C)C(c2ccc(C(=O)O)cc2)=CCC2(C)C1CCC1(C)C3CCC4(N(CCN5CCCC5)CCN5CCCC5)CCCC4C3CCC12. The van der Waals surface area contributed by atoms with E-state index in [-0.39, 0.29) is 5.41 Å². The van der Waals surface area contributed by atoms with Crippen LogP contribution in [-0.4, -0.2) is 83.7 Å². The number of benzene rings is 1. The summed E-state index contributed by atoms with van der Waals surface area (Å²) in [7, 11) is 0. The molecule has 8 atom stereocenters. The molecule has 5 heteroatoms. The number of rotatable bonds is 9. The lowest BCUT2D eigenvalue weighted by Crippen LogP contribution is -2.64. The largest absolute Gasteiger partial charge is 0.478 e. The number of hydrogen-bond donors (Lipinski definition) is 1. The summed E-state index contributed by atoms with van der Waals surface area (Å²) in [5, 5.41) is 9.49. The first-order chi connectivity index (χ1) is 25.0. The molecule has 0 amide bonds. The molecule has 2 heterocycles. The summed E-state index contributed by atoms with van der Waals surface area (Å²) in [5.74, 6) is 3.31. The van der Waals surface area contributed by atoms with E-state index in [0.717, 1.165) is 23.7 Å². The molecule has 0 spiro atoms. The van der Waals surface area contributed by atoms with E-state index in [9.17, 15) is 9.90 Å². The lowest BCUT2D eigenvalue weighted by Gasteiger charge is -2.69. The van der Waals surface area contributed by atoms with Crippen molar-refractivity contribution in [1.29, 1.82) is 0 Å². The molecule has 4 saturated carbocycles. The number of likely N-dealkylation sites (tertiary alicyclic amines) is 2. The molecule has 0 radical (unpaired) electrons. The molecule has 7 aliphatic rings. The third kappa shape index (κ3) is 6.69. The molecule has 1 N–H and O–H groups in total. The lowest BCUT2D eigenvalue weighted by molar-refractivity contribution is -0.181. The first-order valence-corrected chi connectivity index (χ1v) is 21.8. The summed E-state index contributed by atoms with van der Waals surface area (Å²) in [6, 6.07) is 7.72. The molecule has 6 fully saturated rings. The predicted octanol–water partition coefficient (Wildman–Crippen LogP) is 10.3. The van der Waals surface area contributed by atoms with E-state index in [1.165, 1.54) is 153 Å². The average Bonchev–Trinajstić information content (AvgIpc) is 3.92. The summed E-state index contributed by atoms with van der Waals surface area (Å²) < 4.78 is 0. The minimum Gasteiger partial charge on any atom is -0.478 e. The van der Waals surface area contributed by atoms with Crippen LogP contribution in [0, 0.1) is 45.8 Å². The summed E-state index contributed by atoms with van der Waals surface area (Å²) in [6.07, 6.45) is 24.0. The van der Waals surface area contributed by atoms with Crippen molar-refractivity contribution in [2.45, 2.75) is 130 Å². The zero-order valence-electron chi connectivity index (χ0n) is 33.8. The van der Waals surface area contributed by atoms with Crippen molar-refractivity contribution in [2.75, 3.05) is 52.4 Å². The van der Waals surface area contributed by atoms with Crippen LogP contribution in [0.15, 0.2) is 43.0 Å². The zero-order chi connectivity index (χ0) is 36.7. The Balaban J connectivity index is 0.00000136. The van der Waals surface area contributed by atoms with Crippen molar-refractivity contribution < 1.29 is 9.90 Å². The van der Waals surface area contributed by atoms with E-state index < -0.39 is 5.97 Å². The minimum atomic E-state index is -0.840. The Morgan fingerprint density at radius 3 is 2.00 bits per heavy atom. The molecule has 5 nitrogen and oxygen atoms in total. The quantitative estimate of drug-likeness (QED) is 0.259. The first-order valence-electron chi connectivity index (χ1n) is 21.8. The normalized spacial score (nSPS) is 38.3. The molecule has 2 saturated heterocycles. The first kappa shape index (κ1) is 38.3. The van der Waals surface area contributed by atoms with Gasteiger partial charge in [-0.3, -0.25) is 4.90 Å². The smallest absolute Gasteiger partial charge is 0.335 e. The molecule has 8 unspecified atom stereocenters. The van der Waals surface area contributed by atoms with E-state index >= 15 is 0 Å². The van der Waals surface area contributed by atoms with Gasteiger partial charge in [-0.05, 0) is 186 Å². The Kier molecular flexibility index (Phi) is 11.3. The van der Waals surface area contributed by atoms with Gasteiger partial charge in [0.25, 0.3) is 0 Å². The van der Waals surface area contributed by atoms with Crippen LogP contribution in [0.4, 0.5) is 0 Å². The summed E-state index contributed by atoms with van der Waals surface area (Å²) in [4.78, 5) is 20.2. The second-order valence-corrected chi connectivity index (χ2v) is 19.6. The number of aromatic carboxylic acids is 1. The number of hydrogen-bond acceptors (Lipinski definition) is 4. The maximum atomic E-state index is 11.6. The van der Waals surface area contributed by atoms with Gasteiger partial charge in [0.05, 0.1) is 5.56 Å². The van der Waals surface area contributed by atoms with E-state index in [4.69, 9.17) is 0 Å². The van der Waals surface area contributed by atoms with Gasteiger partial charge in [-0.25, -0.2) is 4.79 Å². The van der Waals surface area contributed by atoms with Gasteiger partial charge in [0.15, 0.2) is 0 Å². The molecule has 0 bridgehead atoms. The zero-order valence-corrected chi connectivity index (χ0v) is 33.8. The number of allylic oxidation sites excluding steroid dienone is 3. The molecule has 5 aliphatic carbocycles. The second kappa shape index (κ2) is 15.3. The van der Waals surface area contributed by atoms with Crippen LogP contribution < -0.4 is 0 Å². The molecule has 52 heavy (non-hydrogen) atoms. The second-order valence-electron chi connectivity index (χ2n) is 19.6. The average molecular weight is 712 g/mol. The van der Waals surface area contributed by atoms with E-state index in [1.54, 1.807) is 18.2 Å². The number of carboxylic acids is 1. The Morgan fingerprint density at radius 2 is 1.40 bits per heavy atom. The lowest BCUT2D eigenvalue weighted by atomic mass is 9.37. The van der Waals surface area contributed by atoms with E-state index in [2.05, 4.69) is 67.2 Å². The van der Waals surface area contributed by atoms with Crippen LogP contribution in [0.2, 0.25) is 0 Å². The van der Waals surface area contributed by atoms with Gasteiger partial charge in [0.2, 0.25) is 0 Å². The van der Waals surface area contributed by atoms with Crippen LogP contribution in [0.5, 0.6) is 0 Å². The van der Waals surface area contributed by atoms with Crippen molar-refractivity contribution in [2.24, 2.45) is 45.8 Å². The minimum absolute atomic E-state index is 0.0777. The van der Waals surface area contributed by atoms with Crippen molar-refractivity contribution >= 4 is 11.5 Å². The fourth-order valence-corrected chi connectivity index (χ4v) is 14.7. The van der Waals surface area contributed by atoms with Gasteiger partial charge in [0.1, 0.15) is 0 Å². The van der Waals surface area contributed by atoms with E-state index in [0.29, 0.717) is 27.9 Å². The van der Waals surface area contributed by atoms with E-state index in [1.807, 2.05) is 6.92 Å². The maximum Gasteiger partial charge on any atom is 0.335 e. The highest BCUT2D eigenvalue weighted by Crippen LogP contribution is 2.72. The number of nitrogens with zero attached hydrogens (tertiary/aromatic N) is 3. The molecular formula is C47H73N3O2. The van der Waals surface area contributed by atoms with Crippen LogP contribution in [0.25, 0.3) is 5.57 Å². The Labute approximate surface area is 317 Å². The van der Waals surface area contributed by atoms with Gasteiger partial charge in [0, 0.05) is 31.7 Å². The fourth-order valence-electron chi connectivity index (χ4n) is 14.7. The van der Waals surface area contributed by atoms with Gasteiger partial charge in [-0.1, -0.05) is 58.4 Å². The molecule has 2 aliphatic heterocycles. The highest BCUT2D eigenvalue weighted by Gasteiger charge is 2.66. The molecule has 8 rings (SSSR count). The van der Waals surface area contributed by atoms with Gasteiger partial charge in [-0.2, -0.15) is 0 Å². The third-order valence-electron chi connectivity index (χ3n) is 16.9. The van der Waals surface area contributed by atoms with Crippen molar-refractivity contribution in [3.63, 3.8) is 0 Å². The standard InChI is InChI=1S/C44H67N3O2.C3H6/c1-41(2)35(32-11-13-33(14-12-32)40(48)49)17-21-43(4)38(41)19-22-42(3)36-18-23-44(20-9-10-37(44)34(36)15-16-39(42)43)47(30-28-45-24-5-6-25-45)31-29-46-26-7-8-27-46;1-3-2/h11-14,17,34,36-39H,5-10,15-16,18-31H2,1-4H3,(H,48,49);3H,1H2,2H3. The number of carboxylic acid groups (broad SMARTS) is 1. The Hall–Kier alpha value is -1.95. The van der Waals surface area contributed by atoms with Gasteiger partial charge < -0.3 is 14.9 Å². The fraction of sp³-hybridized carbons (Fsp3) is 0.766. The van der Waals surface area contributed by atoms with Crippen LogP contribution >= 0.6 is 0 Å². The molecular weight excluding hydrogens is 639 g/mol. The van der Waals surface area contributed by atoms with Gasteiger partial charge in [-0.15, -0.1) is 6.58 Å². The molecule has 1 aromatic carbocycles. The third-order valence-corrected chi connectivity index (χ3v) is 16.9.